The molecule has 0 spiro atoms. The van der Waals surface area contributed by atoms with Crippen LogP contribution >= 0.6 is 0 Å². The molecule has 0 unspecified atom stereocenters. The molecule has 0 heterocycles. The first-order valence-corrected chi connectivity index (χ1v) is 4.40. The fraction of sp³-hybridized carbons (Fsp3) is 0.600. The average molecular weight is 190 g/mol. The van der Waals surface area contributed by atoms with Gasteiger partial charge in [-0.25, -0.2) is 0 Å². The van der Waals surface area contributed by atoms with E-state index >= 15 is 0 Å². The van der Waals surface area contributed by atoms with E-state index in [-0.39, 0.29) is 12.4 Å². The van der Waals surface area contributed by atoms with Gasteiger partial charge in [0.15, 0.2) is 0 Å². The number of quaternary nitrogens is 1. The zero-order chi connectivity index (χ0) is 8.53. The van der Waals surface area contributed by atoms with Gasteiger partial charge < -0.3 is 17.7 Å². The molecule has 0 aromatic carbocycles. The van der Waals surface area contributed by atoms with E-state index in [1.165, 1.54) is 13.0 Å². The lowest BCUT2D eigenvalue weighted by Gasteiger charge is -2.10. The molecule has 72 valence electrons. The van der Waals surface area contributed by atoms with Gasteiger partial charge in [-0.3, -0.25) is 0 Å². The zero-order valence-corrected chi connectivity index (χ0v) is 8.69. The molecule has 0 saturated heterocycles. The second-order valence-electron chi connectivity index (χ2n) is 2.83. The first-order valence-electron chi connectivity index (χ1n) is 4.40. The Morgan fingerprint density at radius 3 is 2.08 bits per heavy atom. The van der Waals surface area contributed by atoms with Gasteiger partial charge in [0.2, 0.25) is 0 Å². The third kappa shape index (κ3) is 7.83. The molecule has 2 heteroatoms. The summed E-state index contributed by atoms with van der Waals surface area (Å²) in [5, 5.41) is 2.38. The number of halogens is 1. The lowest BCUT2D eigenvalue weighted by molar-refractivity contribution is -0.688. The topological polar surface area (TPSA) is 16.6 Å². The monoisotopic (exact) mass is 189 g/mol. The standard InChI is InChI=1S/C10H19N.ClH/c1-4-7-10(8-5-2)11-9-6-3;/h4-5,10-11H,1-2,6-9H2,3H3;1H. The van der Waals surface area contributed by atoms with E-state index in [2.05, 4.69) is 25.4 Å². The van der Waals surface area contributed by atoms with Crippen molar-refractivity contribution in [2.75, 3.05) is 6.54 Å². The molecule has 0 fully saturated rings. The van der Waals surface area contributed by atoms with Crippen LogP contribution in [0, 0.1) is 0 Å². The van der Waals surface area contributed by atoms with E-state index in [9.17, 15) is 0 Å². The molecule has 0 bridgehead atoms. The van der Waals surface area contributed by atoms with Crippen molar-refractivity contribution in [2.24, 2.45) is 0 Å². The Labute approximate surface area is 82.3 Å². The molecule has 12 heavy (non-hydrogen) atoms. The summed E-state index contributed by atoms with van der Waals surface area (Å²) in [5.74, 6) is 0. The summed E-state index contributed by atoms with van der Waals surface area (Å²) in [6.07, 6.45) is 7.39. The Kier molecular flexibility index (Phi) is 12.8. The fourth-order valence-corrected chi connectivity index (χ4v) is 1.12. The van der Waals surface area contributed by atoms with Gasteiger partial charge in [-0.15, -0.1) is 13.2 Å². The molecule has 1 nitrogen and oxygen atoms in total. The molecule has 0 aliphatic rings. The van der Waals surface area contributed by atoms with Crippen LogP contribution in [0.1, 0.15) is 26.2 Å². The lowest BCUT2D eigenvalue weighted by atomic mass is 10.1. The van der Waals surface area contributed by atoms with Gasteiger partial charge in [0.1, 0.15) is 0 Å². The largest absolute Gasteiger partial charge is 1.00 e. The van der Waals surface area contributed by atoms with Gasteiger partial charge in [0.25, 0.3) is 0 Å². The Bertz CT molecular complexity index is 102. The molecule has 0 amide bonds. The van der Waals surface area contributed by atoms with Crippen molar-refractivity contribution in [3.63, 3.8) is 0 Å². The first kappa shape index (κ1) is 14.3. The van der Waals surface area contributed by atoms with E-state index < -0.39 is 0 Å². The van der Waals surface area contributed by atoms with Crippen LogP contribution in [0.25, 0.3) is 0 Å². The third-order valence-corrected chi connectivity index (χ3v) is 1.73. The Morgan fingerprint density at radius 2 is 1.75 bits per heavy atom. The van der Waals surface area contributed by atoms with Crippen molar-refractivity contribution in [3.05, 3.63) is 25.3 Å². The Hall–Kier alpha value is -0.270. The minimum atomic E-state index is 0. The summed E-state index contributed by atoms with van der Waals surface area (Å²) in [6, 6.07) is 0.671. The zero-order valence-electron chi connectivity index (χ0n) is 7.93. The highest BCUT2D eigenvalue weighted by Crippen LogP contribution is 1.93. The molecule has 0 radical (unpaired) electrons. The van der Waals surface area contributed by atoms with Gasteiger partial charge in [0, 0.05) is 12.8 Å². The van der Waals surface area contributed by atoms with E-state index in [0.717, 1.165) is 12.8 Å². The van der Waals surface area contributed by atoms with Crippen LogP contribution in [-0.2, 0) is 0 Å². The summed E-state index contributed by atoms with van der Waals surface area (Å²) >= 11 is 0. The molecule has 0 aromatic rings. The quantitative estimate of drug-likeness (QED) is 0.469. The highest BCUT2D eigenvalue weighted by Gasteiger charge is 2.05. The number of hydrogen-bond acceptors (Lipinski definition) is 0. The van der Waals surface area contributed by atoms with Crippen LogP contribution in [0.3, 0.4) is 0 Å². The van der Waals surface area contributed by atoms with Crippen molar-refractivity contribution >= 4 is 0 Å². The second-order valence-corrected chi connectivity index (χ2v) is 2.83. The highest BCUT2D eigenvalue weighted by atomic mass is 35.5. The van der Waals surface area contributed by atoms with Crippen molar-refractivity contribution in [2.45, 2.75) is 32.2 Å². The lowest BCUT2D eigenvalue weighted by Crippen LogP contribution is -3.00. The van der Waals surface area contributed by atoms with Gasteiger partial charge in [-0.1, -0.05) is 19.1 Å². The van der Waals surface area contributed by atoms with Crippen LogP contribution in [0.4, 0.5) is 0 Å². The van der Waals surface area contributed by atoms with E-state index in [4.69, 9.17) is 0 Å². The molecule has 0 saturated carbocycles. The minimum Gasteiger partial charge on any atom is -1.00 e. The van der Waals surface area contributed by atoms with E-state index in [1.54, 1.807) is 0 Å². The second kappa shape index (κ2) is 10.7. The van der Waals surface area contributed by atoms with Crippen molar-refractivity contribution in [3.8, 4) is 0 Å². The number of nitrogens with two attached hydrogens (primary N) is 1. The van der Waals surface area contributed by atoms with Crippen molar-refractivity contribution in [1.82, 2.24) is 0 Å². The van der Waals surface area contributed by atoms with Gasteiger partial charge in [0.05, 0.1) is 12.6 Å². The summed E-state index contributed by atoms with van der Waals surface area (Å²) < 4.78 is 0. The molecule has 2 N–H and O–H groups in total. The average Bonchev–Trinajstić information content (AvgIpc) is 2.01. The summed E-state index contributed by atoms with van der Waals surface area (Å²) in [4.78, 5) is 0. The Balaban J connectivity index is 0. The molecular weight excluding hydrogens is 170 g/mol. The summed E-state index contributed by atoms with van der Waals surface area (Å²) in [5.41, 5.74) is 0. The maximum Gasteiger partial charge on any atom is 0.0928 e. The Morgan fingerprint density at radius 1 is 1.25 bits per heavy atom. The van der Waals surface area contributed by atoms with Crippen LogP contribution in [0.15, 0.2) is 25.3 Å². The smallest absolute Gasteiger partial charge is 0.0928 e. The maximum absolute atomic E-state index is 3.74. The highest BCUT2D eigenvalue weighted by molar-refractivity contribution is 4.78. The molecular formula is C10H20ClN. The van der Waals surface area contributed by atoms with Gasteiger partial charge >= 0.3 is 0 Å². The molecule has 0 rings (SSSR count). The summed E-state index contributed by atoms with van der Waals surface area (Å²) in [7, 11) is 0. The van der Waals surface area contributed by atoms with E-state index in [1.807, 2.05) is 12.2 Å². The predicted octanol–water partition coefficient (Wildman–Crippen LogP) is -1.52. The van der Waals surface area contributed by atoms with Crippen LogP contribution in [-0.4, -0.2) is 12.6 Å². The summed E-state index contributed by atoms with van der Waals surface area (Å²) in [6.45, 7) is 10.9. The molecule has 0 aromatic heterocycles. The fourth-order valence-electron chi connectivity index (χ4n) is 1.12. The van der Waals surface area contributed by atoms with Gasteiger partial charge in [-0.05, 0) is 6.42 Å². The predicted molar refractivity (Wildman–Crippen MR) is 50.5 cm³/mol. The third-order valence-electron chi connectivity index (χ3n) is 1.73. The first-order chi connectivity index (χ1) is 5.35. The van der Waals surface area contributed by atoms with Crippen molar-refractivity contribution in [1.29, 1.82) is 0 Å². The normalized spacial score (nSPS) is 9.17. The van der Waals surface area contributed by atoms with E-state index in [0.29, 0.717) is 6.04 Å². The number of hydrogen-bond donors (Lipinski definition) is 1. The molecule has 0 aliphatic carbocycles. The minimum absolute atomic E-state index is 0. The van der Waals surface area contributed by atoms with Crippen LogP contribution in [0.5, 0.6) is 0 Å². The molecule has 0 atom stereocenters. The van der Waals surface area contributed by atoms with Crippen LogP contribution < -0.4 is 17.7 Å². The van der Waals surface area contributed by atoms with Gasteiger partial charge in [-0.2, -0.15) is 0 Å². The van der Waals surface area contributed by atoms with Crippen LogP contribution in [0.2, 0.25) is 0 Å². The van der Waals surface area contributed by atoms with Crippen molar-refractivity contribution < 1.29 is 17.7 Å². The maximum atomic E-state index is 3.74. The SMILES string of the molecule is C=CCC(CC=C)[NH2+]CCC.[Cl-]. The molecule has 0 aliphatic heterocycles. The number of rotatable bonds is 7.